The Balaban J connectivity index is 1.51. The minimum atomic E-state index is -3.87. The minimum absolute atomic E-state index is 0.0244. The number of benzene rings is 2. The summed E-state index contributed by atoms with van der Waals surface area (Å²) in [4.78, 5) is 40.9. The largest absolute Gasteiger partial charge is 0.465 e. The van der Waals surface area contributed by atoms with E-state index in [4.69, 9.17) is 15.7 Å². The maximum atomic E-state index is 12.7. The molecule has 2 aromatic rings. The van der Waals surface area contributed by atoms with Crippen LogP contribution in [0.4, 0.5) is 5.69 Å². The summed E-state index contributed by atoms with van der Waals surface area (Å²) < 4.78 is 32.6. The van der Waals surface area contributed by atoms with Crippen LogP contribution in [0.5, 0.6) is 0 Å². The first-order chi connectivity index (χ1) is 19.1. The van der Waals surface area contributed by atoms with Crippen LogP contribution in [0.25, 0.3) is 0 Å². The number of carbonyl (C=O) groups excluding carboxylic acids is 3. The molecule has 3 rings (SSSR count). The maximum Gasteiger partial charge on any atom is 0.325 e. The molecule has 0 saturated carbocycles. The Labute approximate surface area is 233 Å². The molecule has 0 bridgehead atoms. The van der Waals surface area contributed by atoms with Crippen molar-refractivity contribution < 1.29 is 32.7 Å². The highest BCUT2D eigenvalue weighted by atomic mass is 32.2. The van der Waals surface area contributed by atoms with Gasteiger partial charge >= 0.3 is 5.97 Å². The van der Waals surface area contributed by atoms with Gasteiger partial charge < -0.3 is 30.8 Å². The number of piperazine rings is 1. The van der Waals surface area contributed by atoms with Crippen LogP contribution in [0.3, 0.4) is 0 Å². The smallest absolute Gasteiger partial charge is 0.325 e. The molecule has 2 amide bonds. The van der Waals surface area contributed by atoms with Crippen LogP contribution < -0.4 is 20.7 Å². The summed E-state index contributed by atoms with van der Waals surface area (Å²) >= 11 is 0. The molecule has 0 aromatic heterocycles. The van der Waals surface area contributed by atoms with Gasteiger partial charge in [-0.2, -0.15) is 4.72 Å². The summed E-state index contributed by atoms with van der Waals surface area (Å²) in [7, 11) is -3.87. The molecule has 40 heavy (non-hydrogen) atoms. The Hall–Kier alpha value is -4.17. The molecule has 0 aliphatic carbocycles. The molecule has 1 saturated heterocycles. The first-order valence-corrected chi connectivity index (χ1v) is 14.3. The number of rotatable bonds is 13. The van der Waals surface area contributed by atoms with Crippen molar-refractivity contribution >= 4 is 39.3 Å². The molecular formula is C26H34N6O7S. The molecule has 5 N–H and O–H groups in total. The van der Waals surface area contributed by atoms with Crippen molar-refractivity contribution in [1.29, 1.82) is 0 Å². The number of nitrogens with two attached hydrogens (primary N) is 1. The third-order valence-electron chi connectivity index (χ3n) is 6.19. The number of nitrogens with zero attached hydrogens (tertiary/aromatic N) is 3. The number of aryl methyl sites for hydroxylation is 1. The van der Waals surface area contributed by atoms with E-state index < -0.39 is 27.9 Å². The van der Waals surface area contributed by atoms with Crippen LogP contribution in [-0.2, 0) is 35.6 Å². The fourth-order valence-electron chi connectivity index (χ4n) is 4.03. The van der Waals surface area contributed by atoms with Crippen LogP contribution in [0.1, 0.15) is 18.1 Å². The van der Waals surface area contributed by atoms with E-state index in [1.165, 1.54) is 4.90 Å². The number of hydrogen-bond acceptors (Lipinski definition) is 9. The number of sulfonamides is 1. The number of carbonyl (C=O) groups is 3. The topological polar surface area (TPSA) is 184 Å². The van der Waals surface area contributed by atoms with Crippen molar-refractivity contribution in [1.82, 2.24) is 14.9 Å². The van der Waals surface area contributed by atoms with Crippen molar-refractivity contribution in [3.63, 3.8) is 0 Å². The molecule has 0 radical (unpaired) electrons. The Morgan fingerprint density at radius 3 is 2.45 bits per heavy atom. The number of amidine groups is 1. The fraction of sp³-hybridized carbons (Fsp3) is 0.385. The summed E-state index contributed by atoms with van der Waals surface area (Å²) in [5.74, 6) is -1.89. The standard InChI is InChI=1S/C26H34N6O7S/c1-2-39-26(35)22(30-40(37,38)15-12-19-6-4-3-5-7-19)16-28-23(33)17-32-14-13-31(18-24(32)34)21-10-8-20(9-11-21)25(27)29-36/h3-11,22,30,36H,2,12-18H2,1H3,(H2,27,29)(H,28,33). The maximum absolute atomic E-state index is 12.7. The number of nitrogens with one attached hydrogen (secondary N) is 2. The van der Waals surface area contributed by atoms with E-state index in [-0.39, 0.29) is 56.7 Å². The zero-order valence-corrected chi connectivity index (χ0v) is 23.0. The number of oxime groups is 1. The second kappa shape index (κ2) is 14.3. The number of anilines is 1. The lowest BCUT2D eigenvalue weighted by Crippen LogP contribution is -2.54. The monoisotopic (exact) mass is 574 g/mol. The van der Waals surface area contributed by atoms with E-state index in [1.807, 2.05) is 11.0 Å². The molecule has 2 aromatic carbocycles. The zero-order valence-electron chi connectivity index (χ0n) is 22.2. The van der Waals surface area contributed by atoms with Crippen LogP contribution in [0, 0.1) is 0 Å². The van der Waals surface area contributed by atoms with Gasteiger partial charge in [-0.1, -0.05) is 35.5 Å². The van der Waals surface area contributed by atoms with Gasteiger partial charge in [0.2, 0.25) is 21.8 Å². The number of esters is 1. The van der Waals surface area contributed by atoms with Crippen LogP contribution in [0.15, 0.2) is 59.8 Å². The quantitative estimate of drug-likeness (QED) is 0.0816. The first-order valence-electron chi connectivity index (χ1n) is 12.7. The van der Waals surface area contributed by atoms with Crippen molar-refractivity contribution in [2.24, 2.45) is 10.9 Å². The minimum Gasteiger partial charge on any atom is -0.465 e. The van der Waals surface area contributed by atoms with Gasteiger partial charge in [0.05, 0.1) is 25.4 Å². The summed E-state index contributed by atoms with van der Waals surface area (Å²) in [6.45, 7) is 1.85. The number of hydrogen-bond donors (Lipinski definition) is 4. The lowest BCUT2D eigenvalue weighted by Gasteiger charge is -2.35. The zero-order chi connectivity index (χ0) is 29.1. The summed E-state index contributed by atoms with van der Waals surface area (Å²) in [5, 5.41) is 14.3. The Morgan fingerprint density at radius 1 is 1.12 bits per heavy atom. The molecule has 1 atom stereocenters. The van der Waals surface area contributed by atoms with E-state index in [2.05, 4.69) is 15.2 Å². The molecule has 1 unspecified atom stereocenters. The second-order valence-corrected chi connectivity index (χ2v) is 10.9. The summed E-state index contributed by atoms with van der Waals surface area (Å²) in [5.41, 5.74) is 7.71. The van der Waals surface area contributed by atoms with Crippen LogP contribution in [0.2, 0.25) is 0 Å². The normalized spacial score (nSPS) is 15.0. The first kappa shape index (κ1) is 30.4. The SMILES string of the molecule is CCOC(=O)C(CNC(=O)CN1CCN(c2ccc(/C(N)=N\O)cc2)CC1=O)NS(=O)(=O)CCc1ccccc1. The highest BCUT2D eigenvalue weighted by Gasteiger charge is 2.28. The van der Waals surface area contributed by atoms with Crippen molar-refractivity contribution in [3.05, 3.63) is 65.7 Å². The van der Waals surface area contributed by atoms with Gasteiger partial charge in [-0.05, 0) is 43.2 Å². The van der Waals surface area contributed by atoms with Crippen molar-refractivity contribution in [3.8, 4) is 0 Å². The molecule has 216 valence electrons. The van der Waals surface area contributed by atoms with E-state index in [9.17, 15) is 22.8 Å². The van der Waals surface area contributed by atoms with E-state index in [0.717, 1.165) is 11.3 Å². The third kappa shape index (κ3) is 8.95. The van der Waals surface area contributed by atoms with Gasteiger partial charge in [-0.3, -0.25) is 14.4 Å². The van der Waals surface area contributed by atoms with E-state index in [1.54, 1.807) is 55.5 Å². The molecule has 0 spiro atoms. The Kier molecular flexibility index (Phi) is 10.8. The van der Waals surface area contributed by atoms with Gasteiger partial charge in [0, 0.05) is 30.9 Å². The number of amides is 2. The van der Waals surface area contributed by atoms with Gasteiger partial charge in [0.1, 0.15) is 6.04 Å². The summed E-state index contributed by atoms with van der Waals surface area (Å²) in [6, 6.07) is 14.6. The molecule has 1 fully saturated rings. The fourth-order valence-corrected chi connectivity index (χ4v) is 5.27. The second-order valence-electron chi connectivity index (χ2n) is 9.05. The lowest BCUT2D eigenvalue weighted by molar-refractivity contribution is -0.145. The molecular weight excluding hydrogens is 540 g/mol. The Morgan fingerprint density at radius 2 is 1.82 bits per heavy atom. The average molecular weight is 575 g/mol. The van der Waals surface area contributed by atoms with Gasteiger partial charge in [0.25, 0.3) is 0 Å². The molecule has 1 aliphatic rings. The van der Waals surface area contributed by atoms with Crippen LogP contribution in [-0.4, -0.2) is 93.3 Å². The van der Waals surface area contributed by atoms with Crippen LogP contribution >= 0.6 is 0 Å². The molecule has 14 heteroatoms. The van der Waals surface area contributed by atoms with Gasteiger partial charge in [-0.25, -0.2) is 8.42 Å². The predicted octanol–water partition coefficient (Wildman–Crippen LogP) is -0.360. The summed E-state index contributed by atoms with van der Waals surface area (Å²) in [6.07, 6.45) is 0.251. The third-order valence-corrected chi connectivity index (χ3v) is 7.57. The number of ether oxygens (including phenoxy) is 1. The van der Waals surface area contributed by atoms with Gasteiger partial charge in [-0.15, -0.1) is 0 Å². The highest BCUT2D eigenvalue weighted by Crippen LogP contribution is 2.18. The molecule has 13 nitrogen and oxygen atoms in total. The Bertz CT molecular complexity index is 1300. The average Bonchev–Trinajstić information content (AvgIpc) is 2.95. The highest BCUT2D eigenvalue weighted by molar-refractivity contribution is 7.89. The molecule has 1 heterocycles. The van der Waals surface area contributed by atoms with Crippen molar-refractivity contribution in [2.75, 3.05) is 50.0 Å². The van der Waals surface area contributed by atoms with E-state index in [0.29, 0.717) is 12.1 Å². The van der Waals surface area contributed by atoms with Gasteiger partial charge in [0.15, 0.2) is 5.84 Å². The predicted molar refractivity (Wildman–Crippen MR) is 148 cm³/mol. The lowest BCUT2D eigenvalue weighted by atomic mass is 10.1. The van der Waals surface area contributed by atoms with Crippen molar-refractivity contribution in [2.45, 2.75) is 19.4 Å². The molecule has 1 aliphatic heterocycles. The van der Waals surface area contributed by atoms with E-state index >= 15 is 0 Å².